The molecule has 0 atom stereocenters. The maximum atomic E-state index is 5.73. The highest BCUT2D eigenvalue weighted by molar-refractivity contribution is 9.10. The van der Waals surface area contributed by atoms with E-state index in [1.54, 1.807) is 0 Å². The first kappa shape index (κ1) is 11.8. The summed E-state index contributed by atoms with van der Waals surface area (Å²) in [5.74, 6) is 4.24. The molecule has 0 spiro atoms. The van der Waals surface area contributed by atoms with Crippen molar-refractivity contribution in [3.8, 4) is 23.8 Å². The van der Waals surface area contributed by atoms with E-state index in [1.807, 2.05) is 48.5 Å². The molecule has 2 aromatic carbocycles. The van der Waals surface area contributed by atoms with Crippen molar-refractivity contribution in [3.05, 3.63) is 58.6 Å². The van der Waals surface area contributed by atoms with E-state index >= 15 is 0 Å². The molecule has 2 rings (SSSR count). The third-order valence-electron chi connectivity index (χ3n) is 2.25. The van der Waals surface area contributed by atoms with Crippen LogP contribution >= 0.6 is 15.9 Å². The van der Waals surface area contributed by atoms with Crippen LogP contribution in [0.2, 0.25) is 0 Å². The van der Waals surface area contributed by atoms with E-state index in [1.165, 1.54) is 0 Å². The van der Waals surface area contributed by atoms with E-state index < -0.39 is 0 Å². The molecule has 0 aromatic heterocycles. The molecule has 0 amide bonds. The predicted octanol–water partition coefficient (Wildman–Crippen LogP) is 4.42. The summed E-state index contributed by atoms with van der Waals surface area (Å²) in [5, 5.41) is 0. The van der Waals surface area contributed by atoms with Crippen LogP contribution in [0, 0.1) is 12.3 Å². The first-order chi connectivity index (χ1) is 8.28. The topological polar surface area (TPSA) is 9.23 Å². The predicted molar refractivity (Wildman–Crippen MR) is 73.2 cm³/mol. The highest BCUT2D eigenvalue weighted by atomic mass is 79.9. The second kappa shape index (κ2) is 5.56. The minimum Gasteiger partial charge on any atom is -0.457 e. The summed E-state index contributed by atoms with van der Waals surface area (Å²) >= 11 is 3.39. The molecule has 0 saturated carbocycles. The van der Waals surface area contributed by atoms with Crippen LogP contribution in [0.15, 0.2) is 53.0 Å². The molecule has 84 valence electrons. The molecular weight excluding hydrogens is 276 g/mol. The van der Waals surface area contributed by atoms with Crippen LogP contribution in [0.5, 0.6) is 11.5 Å². The number of hydrogen-bond acceptors (Lipinski definition) is 1. The van der Waals surface area contributed by atoms with Crippen molar-refractivity contribution in [1.29, 1.82) is 0 Å². The first-order valence-corrected chi connectivity index (χ1v) is 6.03. The van der Waals surface area contributed by atoms with Gasteiger partial charge in [-0.2, -0.15) is 0 Å². The second-order valence-electron chi connectivity index (χ2n) is 3.58. The fourth-order valence-corrected chi connectivity index (χ4v) is 1.74. The van der Waals surface area contributed by atoms with Gasteiger partial charge < -0.3 is 4.74 Å². The fraction of sp³-hybridized carbons (Fsp3) is 0.0667. The summed E-state index contributed by atoms with van der Waals surface area (Å²) in [7, 11) is 0. The van der Waals surface area contributed by atoms with Crippen molar-refractivity contribution < 1.29 is 4.74 Å². The van der Waals surface area contributed by atoms with Gasteiger partial charge in [-0.3, -0.25) is 0 Å². The Labute approximate surface area is 110 Å². The molecule has 0 unspecified atom stereocenters. The zero-order valence-electron chi connectivity index (χ0n) is 9.19. The standard InChI is InChI=1S/C15H11BrO/c1-2-4-12-5-3-6-15(11-12)17-14-9-7-13(16)8-10-14/h1,3,5-11H,4H2. The Bertz CT molecular complexity index is 538. The summed E-state index contributed by atoms with van der Waals surface area (Å²) in [6.07, 6.45) is 5.91. The number of halogens is 1. The molecule has 0 radical (unpaired) electrons. The van der Waals surface area contributed by atoms with Crippen LogP contribution in [0.25, 0.3) is 0 Å². The Morgan fingerprint density at radius 3 is 2.53 bits per heavy atom. The van der Waals surface area contributed by atoms with Crippen LogP contribution in [-0.2, 0) is 6.42 Å². The van der Waals surface area contributed by atoms with Gasteiger partial charge in [0.2, 0.25) is 0 Å². The molecule has 0 saturated heterocycles. The van der Waals surface area contributed by atoms with Crippen LogP contribution in [0.3, 0.4) is 0 Å². The summed E-state index contributed by atoms with van der Waals surface area (Å²) < 4.78 is 6.76. The van der Waals surface area contributed by atoms with E-state index in [9.17, 15) is 0 Å². The van der Waals surface area contributed by atoms with Crippen LogP contribution in [-0.4, -0.2) is 0 Å². The van der Waals surface area contributed by atoms with Crippen LogP contribution in [0.4, 0.5) is 0 Å². The van der Waals surface area contributed by atoms with Crippen molar-refractivity contribution in [3.63, 3.8) is 0 Å². The van der Waals surface area contributed by atoms with Gasteiger partial charge >= 0.3 is 0 Å². The summed E-state index contributed by atoms with van der Waals surface area (Å²) in [6, 6.07) is 15.5. The largest absolute Gasteiger partial charge is 0.457 e. The van der Waals surface area contributed by atoms with Crippen molar-refractivity contribution >= 4 is 15.9 Å². The fourth-order valence-electron chi connectivity index (χ4n) is 1.48. The maximum absolute atomic E-state index is 5.73. The van der Waals surface area contributed by atoms with Gasteiger partial charge in [-0.05, 0) is 42.0 Å². The third kappa shape index (κ3) is 3.37. The van der Waals surface area contributed by atoms with Gasteiger partial charge in [-0.1, -0.05) is 28.1 Å². The summed E-state index contributed by atoms with van der Waals surface area (Å²) in [4.78, 5) is 0. The Hall–Kier alpha value is -1.72. The smallest absolute Gasteiger partial charge is 0.127 e. The van der Waals surface area contributed by atoms with E-state index in [0.717, 1.165) is 21.5 Å². The lowest BCUT2D eigenvalue weighted by Crippen LogP contribution is -1.86. The Morgan fingerprint density at radius 1 is 1.06 bits per heavy atom. The highest BCUT2D eigenvalue weighted by Crippen LogP contribution is 2.23. The van der Waals surface area contributed by atoms with E-state index in [0.29, 0.717) is 6.42 Å². The van der Waals surface area contributed by atoms with Crippen LogP contribution < -0.4 is 4.74 Å². The maximum Gasteiger partial charge on any atom is 0.127 e. The van der Waals surface area contributed by atoms with Gasteiger partial charge in [-0.15, -0.1) is 12.3 Å². The van der Waals surface area contributed by atoms with Crippen molar-refractivity contribution in [2.45, 2.75) is 6.42 Å². The van der Waals surface area contributed by atoms with Gasteiger partial charge in [-0.25, -0.2) is 0 Å². The molecule has 0 N–H and O–H groups in total. The number of ether oxygens (including phenoxy) is 1. The zero-order chi connectivity index (χ0) is 12.1. The van der Waals surface area contributed by atoms with Gasteiger partial charge in [0.1, 0.15) is 11.5 Å². The molecule has 0 bridgehead atoms. The molecule has 1 nitrogen and oxygen atoms in total. The SMILES string of the molecule is C#CCc1cccc(Oc2ccc(Br)cc2)c1. The lowest BCUT2D eigenvalue weighted by atomic mass is 10.1. The second-order valence-corrected chi connectivity index (χ2v) is 4.50. The molecule has 0 heterocycles. The zero-order valence-corrected chi connectivity index (χ0v) is 10.8. The van der Waals surface area contributed by atoms with Crippen molar-refractivity contribution in [2.24, 2.45) is 0 Å². The normalized spacial score (nSPS) is 9.65. The summed E-state index contributed by atoms with van der Waals surface area (Å²) in [5.41, 5.74) is 1.09. The van der Waals surface area contributed by atoms with Gasteiger partial charge in [0.05, 0.1) is 0 Å². The third-order valence-corrected chi connectivity index (χ3v) is 2.78. The number of hydrogen-bond donors (Lipinski definition) is 0. The number of rotatable bonds is 3. The van der Waals surface area contributed by atoms with Gasteiger partial charge in [0.15, 0.2) is 0 Å². The average molecular weight is 287 g/mol. The Kier molecular flexibility index (Phi) is 3.85. The van der Waals surface area contributed by atoms with E-state index in [4.69, 9.17) is 11.2 Å². The highest BCUT2D eigenvalue weighted by Gasteiger charge is 1.98. The lowest BCUT2D eigenvalue weighted by Gasteiger charge is -2.06. The molecule has 17 heavy (non-hydrogen) atoms. The number of terminal acetylenes is 1. The minimum absolute atomic E-state index is 0.623. The molecule has 0 fully saturated rings. The van der Waals surface area contributed by atoms with Gasteiger partial charge in [0, 0.05) is 10.9 Å². The molecule has 2 heteroatoms. The summed E-state index contributed by atoms with van der Waals surface area (Å²) in [6.45, 7) is 0. The molecular formula is C15H11BrO. The molecule has 0 aliphatic heterocycles. The average Bonchev–Trinajstić information content (AvgIpc) is 2.33. The monoisotopic (exact) mass is 286 g/mol. The minimum atomic E-state index is 0.623. The van der Waals surface area contributed by atoms with E-state index in [-0.39, 0.29) is 0 Å². The van der Waals surface area contributed by atoms with Crippen molar-refractivity contribution in [2.75, 3.05) is 0 Å². The molecule has 2 aromatic rings. The molecule has 0 aliphatic rings. The first-order valence-electron chi connectivity index (χ1n) is 5.24. The quantitative estimate of drug-likeness (QED) is 0.759. The Balaban J connectivity index is 2.16. The molecule has 0 aliphatic carbocycles. The number of benzene rings is 2. The van der Waals surface area contributed by atoms with Crippen LogP contribution in [0.1, 0.15) is 5.56 Å². The Morgan fingerprint density at radius 2 is 1.82 bits per heavy atom. The van der Waals surface area contributed by atoms with Gasteiger partial charge in [0.25, 0.3) is 0 Å². The van der Waals surface area contributed by atoms with Crippen molar-refractivity contribution in [1.82, 2.24) is 0 Å². The lowest BCUT2D eigenvalue weighted by molar-refractivity contribution is 0.482. The van der Waals surface area contributed by atoms with E-state index in [2.05, 4.69) is 21.9 Å².